The summed E-state index contributed by atoms with van der Waals surface area (Å²) >= 11 is 0. The number of nitrogens with two attached hydrogens (primary N) is 2. The van der Waals surface area contributed by atoms with Crippen LogP contribution in [0, 0.1) is 17.8 Å². The maximum absolute atomic E-state index is 12.2. The van der Waals surface area contributed by atoms with Crippen LogP contribution in [0.3, 0.4) is 0 Å². The Balaban J connectivity index is 0.000000861. The Kier molecular flexibility index (Phi) is 12.4. The first-order valence-corrected chi connectivity index (χ1v) is 11.1. The first kappa shape index (κ1) is 27.1. The Labute approximate surface area is 184 Å². The number of hydrogen-bond donors (Lipinski definition) is 7. The second-order valence-corrected chi connectivity index (χ2v) is 8.24. The van der Waals surface area contributed by atoms with E-state index < -0.39 is 5.79 Å². The number of rotatable bonds is 10. The Bertz CT molecular complexity index is 574. The van der Waals surface area contributed by atoms with Crippen molar-refractivity contribution in [3.63, 3.8) is 0 Å². The van der Waals surface area contributed by atoms with Crippen molar-refractivity contribution in [1.29, 1.82) is 0 Å². The summed E-state index contributed by atoms with van der Waals surface area (Å²) in [5.41, 5.74) is 7.55. The third kappa shape index (κ3) is 9.38. The van der Waals surface area contributed by atoms with Gasteiger partial charge in [-0.3, -0.25) is 9.59 Å². The first-order chi connectivity index (χ1) is 14.8. The number of esters is 1. The summed E-state index contributed by atoms with van der Waals surface area (Å²) in [7, 11) is 0. The van der Waals surface area contributed by atoms with Crippen molar-refractivity contribution in [2.75, 3.05) is 19.7 Å². The van der Waals surface area contributed by atoms with Crippen LogP contribution in [0.5, 0.6) is 0 Å². The highest BCUT2D eigenvalue weighted by molar-refractivity contribution is 5.86. The third-order valence-corrected chi connectivity index (χ3v) is 5.90. The Morgan fingerprint density at radius 3 is 2.61 bits per heavy atom. The van der Waals surface area contributed by atoms with Crippen molar-refractivity contribution < 1.29 is 24.5 Å². The van der Waals surface area contributed by atoms with Gasteiger partial charge in [0.2, 0.25) is 12.2 Å². The van der Waals surface area contributed by atoms with E-state index in [0.29, 0.717) is 24.9 Å². The van der Waals surface area contributed by atoms with Crippen LogP contribution in [0.2, 0.25) is 0 Å². The van der Waals surface area contributed by atoms with E-state index in [2.05, 4.69) is 22.7 Å². The fourth-order valence-corrected chi connectivity index (χ4v) is 4.19. The highest BCUT2D eigenvalue weighted by atomic mass is 16.5. The van der Waals surface area contributed by atoms with Gasteiger partial charge in [-0.2, -0.15) is 0 Å². The van der Waals surface area contributed by atoms with Crippen LogP contribution >= 0.6 is 0 Å². The van der Waals surface area contributed by atoms with Gasteiger partial charge < -0.3 is 31.3 Å². The molecule has 1 amide bonds. The molecule has 31 heavy (non-hydrogen) atoms. The second kappa shape index (κ2) is 14.2. The van der Waals surface area contributed by atoms with Gasteiger partial charge in [-0.05, 0) is 63.3 Å². The summed E-state index contributed by atoms with van der Waals surface area (Å²) in [4.78, 5) is 21.5. The standard InChI is InChI=1S/C17H33N5O4.C3H7NO/c1-2-3-6-26-15(23)14-8-13-7-11(4-5-12(13)10-20-14)9-17(24,25)16(18)21-22-19;1-2-4-3-5/h11-14,20,22,24-25H,2-10,19H2,1H3,(H2,18,21);3H,2H2,1H3,(H,4,5). The number of aliphatic hydroxyl groups is 2. The molecule has 9 N–H and O–H groups in total. The summed E-state index contributed by atoms with van der Waals surface area (Å²) < 4.78 is 5.33. The normalized spacial score (nSPS) is 26.0. The number of nitrogens with one attached hydrogen (secondary N) is 3. The van der Waals surface area contributed by atoms with Crippen LogP contribution in [0.1, 0.15) is 58.8 Å². The zero-order valence-corrected chi connectivity index (χ0v) is 18.7. The Morgan fingerprint density at radius 1 is 1.29 bits per heavy atom. The molecule has 1 saturated carbocycles. The molecular weight excluding hydrogens is 404 g/mol. The van der Waals surface area contributed by atoms with Gasteiger partial charge >= 0.3 is 5.97 Å². The Morgan fingerprint density at radius 2 is 2.03 bits per heavy atom. The van der Waals surface area contributed by atoms with Crippen molar-refractivity contribution >= 4 is 18.2 Å². The fourth-order valence-electron chi connectivity index (χ4n) is 4.19. The Hall–Kier alpha value is -1.95. The van der Waals surface area contributed by atoms with Gasteiger partial charge in [0.25, 0.3) is 0 Å². The molecule has 0 aromatic carbocycles. The number of piperidine rings is 1. The van der Waals surface area contributed by atoms with Crippen LogP contribution in [0.15, 0.2) is 5.10 Å². The highest BCUT2D eigenvalue weighted by Gasteiger charge is 2.41. The fraction of sp³-hybridized carbons (Fsp3) is 0.850. The van der Waals surface area contributed by atoms with Gasteiger partial charge in [0.05, 0.1) is 6.61 Å². The molecule has 4 unspecified atom stereocenters. The molecule has 2 rings (SSSR count). The summed E-state index contributed by atoms with van der Waals surface area (Å²) in [6.45, 7) is 5.92. The van der Waals surface area contributed by atoms with E-state index in [1.807, 2.05) is 12.5 Å². The molecule has 1 heterocycles. The summed E-state index contributed by atoms with van der Waals surface area (Å²) in [6, 6.07) is -0.270. The summed E-state index contributed by atoms with van der Waals surface area (Å²) in [6.07, 6.45) is 6.09. The smallest absolute Gasteiger partial charge is 0.323 e. The molecule has 0 spiro atoms. The van der Waals surface area contributed by atoms with Crippen LogP contribution in [0.4, 0.5) is 0 Å². The van der Waals surface area contributed by atoms with Gasteiger partial charge in [0, 0.05) is 13.0 Å². The molecule has 1 aliphatic carbocycles. The average molecular weight is 445 g/mol. The lowest BCUT2D eigenvalue weighted by atomic mass is 9.68. The highest BCUT2D eigenvalue weighted by Crippen LogP contribution is 2.41. The predicted octanol–water partition coefficient (Wildman–Crippen LogP) is -0.717. The molecule has 1 aliphatic heterocycles. The molecule has 0 aromatic heterocycles. The van der Waals surface area contributed by atoms with Gasteiger partial charge in [0.1, 0.15) is 6.04 Å². The SMILES string of the molecule is CCCCOC(=O)C1CC2CC(CC(O)(O)/C(N)=N/NN)CCC2CN1.CCNC=O. The number of hydrogen-bond acceptors (Lipinski definition) is 9. The van der Waals surface area contributed by atoms with Crippen molar-refractivity contribution in [3.8, 4) is 0 Å². The van der Waals surface area contributed by atoms with E-state index in [1.165, 1.54) is 0 Å². The van der Waals surface area contributed by atoms with E-state index in [1.54, 1.807) is 0 Å². The number of unbranched alkanes of at least 4 members (excludes halogenated alkanes) is 1. The molecule has 4 atom stereocenters. The van der Waals surface area contributed by atoms with E-state index in [4.69, 9.17) is 16.3 Å². The molecule has 0 radical (unpaired) electrons. The summed E-state index contributed by atoms with van der Waals surface area (Å²) in [5.74, 6) is 3.31. The molecule has 11 nitrogen and oxygen atoms in total. The summed E-state index contributed by atoms with van der Waals surface area (Å²) in [5, 5.41) is 29.5. The van der Waals surface area contributed by atoms with Crippen LogP contribution in [0.25, 0.3) is 0 Å². The van der Waals surface area contributed by atoms with E-state index in [-0.39, 0.29) is 30.2 Å². The predicted molar refractivity (Wildman–Crippen MR) is 117 cm³/mol. The monoisotopic (exact) mass is 444 g/mol. The minimum absolute atomic E-state index is 0.103. The number of carbonyl (C=O) groups excluding carboxylic acids is 2. The van der Waals surface area contributed by atoms with Crippen LogP contribution < -0.4 is 27.7 Å². The average Bonchev–Trinajstić information content (AvgIpc) is 2.74. The maximum atomic E-state index is 12.2. The molecule has 1 saturated heterocycles. The number of amidine groups is 1. The zero-order valence-electron chi connectivity index (χ0n) is 18.7. The molecule has 2 fully saturated rings. The van der Waals surface area contributed by atoms with Crippen molar-refractivity contribution in [1.82, 2.24) is 16.2 Å². The lowest BCUT2D eigenvalue weighted by Crippen LogP contribution is -2.51. The molecule has 0 bridgehead atoms. The van der Waals surface area contributed by atoms with Gasteiger partial charge in [-0.1, -0.05) is 13.3 Å². The van der Waals surface area contributed by atoms with E-state index >= 15 is 0 Å². The third-order valence-electron chi connectivity index (χ3n) is 5.90. The lowest BCUT2D eigenvalue weighted by Gasteiger charge is -2.43. The van der Waals surface area contributed by atoms with Crippen molar-refractivity contribution in [2.24, 2.45) is 34.4 Å². The second-order valence-electron chi connectivity index (χ2n) is 8.24. The minimum atomic E-state index is -2.19. The van der Waals surface area contributed by atoms with E-state index in [0.717, 1.165) is 51.6 Å². The molecule has 180 valence electrons. The number of hydrazone groups is 1. The molecule has 11 heteroatoms. The van der Waals surface area contributed by atoms with Crippen LogP contribution in [-0.2, 0) is 14.3 Å². The quantitative estimate of drug-likeness (QED) is 0.0334. The first-order valence-electron chi connectivity index (χ1n) is 11.1. The van der Waals surface area contributed by atoms with Crippen molar-refractivity contribution in [2.45, 2.75) is 70.6 Å². The van der Waals surface area contributed by atoms with Crippen molar-refractivity contribution in [3.05, 3.63) is 0 Å². The molecule has 2 aliphatic rings. The topological polar surface area (TPSA) is 184 Å². The van der Waals surface area contributed by atoms with Crippen LogP contribution in [-0.4, -0.2) is 60.0 Å². The zero-order chi connectivity index (χ0) is 23.3. The number of nitrogens with zero attached hydrogens (tertiary/aromatic N) is 1. The number of carbonyl (C=O) groups is 2. The van der Waals surface area contributed by atoms with Gasteiger partial charge in [0.15, 0.2) is 5.84 Å². The number of ether oxygens (including phenoxy) is 1. The number of amides is 1. The number of hydrazine groups is 1. The van der Waals surface area contributed by atoms with Gasteiger partial charge in [-0.25, -0.2) is 11.4 Å². The van der Waals surface area contributed by atoms with E-state index in [9.17, 15) is 19.8 Å². The molecule has 0 aromatic rings. The number of fused-ring (bicyclic) bond motifs is 1. The molecular formula is C20H40N6O5. The minimum Gasteiger partial charge on any atom is -0.465 e. The maximum Gasteiger partial charge on any atom is 0.323 e. The lowest BCUT2D eigenvalue weighted by molar-refractivity contribution is -0.148. The van der Waals surface area contributed by atoms with Gasteiger partial charge in [-0.15, -0.1) is 5.10 Å². The largest absolute Gasteiger partial charge is 0.465 e.